The number of sulfone groups is 1. The maximum absolute atomic E-state index is 13.6. The predicted molar refractivity (Wildman–Crippen MR) is 140 cm³/mol. The first-order chi connectivity index (χ1) is 18.2. The van der Waals surface area contributed by atoms with Gasteiger partial charge < -0.3 is 19.9 Å². The second-order valence-electron chi connectivity index (χ2n) is 8.51. The van der Waals surface area contributed by atoms with Crippen LogP contribution in [0.5, 0.6) is 17.4 Å². The molecule has 4 aromatic rings. The van der Waals surface area contributed by atoms with E-state index in [1.807, 2.05) is 6.92 Å². The quantitative estimate of drug-likeness (QED) is 0.316. The van der Waals surface area contributed by atoms with Crippen molar-refractivity contribution in [3.63, 3.8) is 0 Å². The molecule has 200 valence electrons. The van der Waals surface area contributed by atoms with Crippen LogP contribution in [0.1, 0.15) is 30.2 Å². The summed E-state index contributed by atoms with van der Waals surface area (Å²) in [5, 5.41) is 7.54. The monoisotopic (exact) mass is 539 g/mol. The van der Waals surface area contributed by atoms with Gasteiger partial charge in [-0.3, -0.25) is 4.57 Å². The van der Waals surface area contributed by atoms with E-state index in [2.05, 4.69) is 25.1 Å². The summed E-state index contributed by atoms with van der Waals surface area (Å²) in [6.45, 7) is 3.36. The highest BCUT2D eigenvalue weighted by Gasteiger charge is 2.33. The summed E-state index contributed by atoms with van der Waals surface area (Å²) in [4.78, 5) is 12.9. The first kappa shape index (κ1) is 26.9. The zero-order chi connectivity index (χ0) is 27.4. The second-order valence-corrected chi connectivity index (χ2v) is 10.9. The van der Waals surface area contributed by atoms with E-state index in [4.69, 9.17) is 19.9 Å². The van der Waals surface area contributed by atoms with Crippen LogP contribution in [0.2, 0.25) is 0 Å². The second kappa shape index (κ2) is 11.1. The van der Waals surface area contributed by atoms with Gasteiger partial charge in [0, 0.05) is 18.5 Å². The molecule has 38 heavy (non-hydrogen) atoms. The molecule has 0 saturated heterocycles. The van der Waals surface area contributed by atoms with Crippen LogP contribution in [0.3, 0.4) is 0 Å². The molecule has 1 aromatic carbocycles. The van der Waals surface area contributed by atoms with Crippen LogP contribution < -0.4 is 19.9 Å². The van der Waals surface area contributed by atoms with E-state index in [1.165, 1.54) is 28.3 Å². The first-order valence-electron chi connectivity index (χ1n) is 11.6. The molecule has 12 nitrogen and oxygen atoms in total. The Morgan fingerprint density at radius 2 is 1.58 bits per heavy atom. The highest BCUT2D eigenvalue weighted by atomic mass is 32.2. The smallest absolute Gasteiger partial charge is 0.213 e. The third-order valence-electron chi connectivity index (χ3n) is 6.02. The summed E-state index contributed by atoms with van der Waals surface area (Å²) in [6.07, 6.45) is 3.19. The van der Waals surface area contributed by atoms with Gasteiger partial charge in [0.05, 0.1) is 32.6 Å². The van der Waals surface area contributed by atoms with Crippen LogP contribution in [-0.4, -0.2) is 64.7 Å². The van der Waals surface area contributed by atoms with Crippen LogP contribution in [0.25, 0.3) is 17.2 Å². The number of pyridine rings is 1. The average molecular weight is 540 g/mol. The molecule has 13 heteroatoms. The van der Waals surface area contributed by atoms with Crippen molar-refractivity contribution in [3.8, 4) is 34.6 Å². The minimum Gasteiger partial charge on any atom is -0.494 e. The lowest BCUT2D eigenvalue weighted by atomic mass is 10.2. The summed E-state index contributed by atoms with van der Waals surface area (Å²) >= 11 is 0. The van der Waals surface area contributed by atoms with Gasteiger partial charge in [0.1, 0.15) is 34.5 Å². The standard InChI is InChI=1S/C25H29N7O5S/c1-15-12-27-24(28-13-15)22(26)16(2)38(33,34)14-20-30-31-25(17-8-6-11-21(29-17)37-5)32(20)23-18(35-3)9-7-10-19(23)36-4/h6-13,16,22H,14,26H2,1-5H3/t16-,22+/m1/s1. The zero-order valence-electron chi connectivity index (χ0n) is 21.7. The molecule has 0 spiro atoms. The van der Waals surface area contributed by atoms with Crippen molar-refractivity contribution in [2.45, 2.75) is 30.9 Å². The molecular formula is C25H29N7O5S. The van der Waals surface area contributed by atoms with E-state index in [0.29, 0.717) is 28.8 Å². The molecule has 2 N–H and O–H groups in total. The van der Waals surface area contributed by atoms with E-state index >= 15 is 0 Å². The van der Waals surface area contributed by atoms with E-state index in [9.17, 15) is 8.42 Å². The highest BCUT2D eigenvalue weighted by Crippen LogP contribution is 2.37. The van der Waals surface area contributed by atoms with Gasteiger partial charge in [-0.15, -0.1) is 10.2 Å². The van der Waals surface area contributed by atoms with Crippen LogP contribution >= 0.6 is 0 Å². The molecule has 0 unspecified atom stereocenters. The maximum Gasteiger partial charge on any atom is 0.213 e. The van der Waals surface area contributed by atoms with E-state index in [0.717, 1.165) is 5.56 Å². The number of ether oxygens (including phenoxy) is 3. The fourth-order valence-corrected chi connectivity index (χ4v) is 5.21. The number of methoxy groups -OCH3 is 3. The number of rotatable bonds is 10. The number of aryl methyl sites for hydroxylation is 1. The van der Waals surface area contributed by atoms with E-state index in [1.54, 1.807) is 53.4 Å². The van der Waals surface area contributed by atoms with Gasteiger partial charge in [0.25, 0.3) is 0 Å². The molecule has 0 fully saturated rings. The van der Waals surface area contributed by atoms with Crippen molar-refractivity contribution in [3.05, 3.63) is 66.0 Å². The Bertz CT molecular complexity index is 1500. The maximum atomic E-state index is 13.6. The van der Waals surface area contributed by atoms with Crippen molar-refractivity contribution >= 4 is 9.84 Å². The van der Waals surface area contributed by atoms with Crippen LogP contribution in [0, 0.1) is 6.92 Å². The molecule has 0 aliphatic rings. The van der Waals surface area contributed by atoms with Gasteiger partial charge in [-0.1, -0.05) is 12.1 Å². The number of nitrogens with two attached hydrogens (primary N) is 1. The summed E-state index contributed by atoms with van der Waals surface area (Å²) < 4.78 is 45.2. The Morgan fingerprint density at radius 1 is 0.947 bits per heavy atom. The highest BCUT2D eigenvalue weighted by molar-refractivity contribution is 7.91. The van der Waals surface area contributed by atoms with Gasteiger partial charge in [0.15, 0.2) is 21.5 Å². The number of para-hydroxylation sites is 1. The molecule has 4 rings (SSSR count). The Labute approximate surface area is 220 Å². The third-order valence-corrected chi connectivity index (χ3v) is 8.11. The number of hydrogen-bond donors (Lipinski definition) is 1. The van der Waals surface area contributed by atoms with Gasteiger partial charge in [-0.25, -0.2) is 23.4 Å². The largest absolute Gasteiger partial charge is 0.494 e. The molecule has 0 aliphatic heterocycles. The van der Waals surface area contributed by atoms with E-state index in [-0.39, 0.29) is 17.5 Å². The molecule has 3 heterocycles. The summed E-state index contributed by atoms with van der Waals surface area (Å²) in [6, 6.07) is 9.43. The van der Waals surface area contributed by atoms with E-state index < -0.39 is 26.9 Å². The topological polar surface area (TPSA) is 157 Å². The van der Waals surface area contributed by atoms with Crippen LogP contribution in [0.15, 0.2) is 48.8 Å². The van der Waals surface area contributed by atoms with Gasteiger partial charge in [-0.05, 0) is 37.6 Å². The molecular weight excluding hydrogens is 510 g/mol. The molecule has 3 aromatic heterocycles. The van der Waals surface area contributed by atoms with Gasteiger partial charge in [-0.2, -0.15) is 0 Å². The minimum atomic E-state index is -3.88. The van der Waals surface area contributed by atoms with Crippen LogP contribution in [-0.2, 0) is 15.6 Å². The Kier molecular flexibility index (Phi) is 7.88. The molecule has 0 saturated carbocycles. The molecule has 0 aliphatic carbocycles. The number of hydrogen-bond acceptors (Lipinski definition) is 11. The normalized spacial score (nSPS) is 13.1. The Balaban J connectivity index is 1.84. The van der Waals surface area contributed by atoms with Crippen molar-refractivity contribution in [1.29, 1.82) is 0 Å². The molecule has 0 amide bonds. The lowest BCUT2D eigenvalue weighted by molar-refractivity contribution is 0.390. The van der Waals surface area contributed by atoms with Crippen molar-refractivity contribution in [1.82, 2.24) is 29.7 Å². The average Bonchev–Trinajstić information content (AvgIpc) is 3.34. The molecule has 0 radical (unpaired) electrons. The van der Waals surface area contributed by atoms with Gasteiger partial charge >= 0.3 is 0 Å². The fraction of sp³-hybridized carbons (Fsp3) is 0.320. The summed E-state index contributed by atoms with van der Waals surface area (Å²) in [5.41, 5.74) is 7.96. The number of aromatic nitrogens is 6. The lowest BCUT2D eigenvalue weighted by Crippen LogP contribution is -2.33. The molecule has 0 bridgehead atoms. The third kappa shape index (κ3) is 5.29. The van der Waals surface area contributed by atoms with Crippen molar-refractivity contribution in [2.24, 2.45) is 5.73 Å². The number of benzene rings is 1. The van der Waals surface area contributed by atoms with Crippen molar-refractivity contribution < 1.29 is 22.6 Å². The van der Waals surface area contributed by atoms with Crippen LogP contribution in [0.4, 0.5) is 0 Å². The SMILES string of the molecule is COc1cccc(-c2nnc(CS(=O)(=O)[C@H](C)[C@H](N)c3ncc(C)cn3)n2-c2c(OC)cccc2OC)n1. The first-order valence-corrected chi connectivity index (χ1v) is 13.3. The summed E-state index contributed by atoms with van der Waals surface area (Å²) in [7, 11) is 0.634. The summed E-state index contributed by atoms with van der Waals surface area (Å²) in [5.74, 6) is 1.35. The fourth-order valence-electron chi connectivity index (χ4n) is 3.84. The molecule has 2 atom stereocenters. The van der Waals surface area contributed by atoms with Gasteiger partial charge in [0.2, 0.25) is 5.88 Å². The lowest BCUT2D eigenvalue weighted by Gasteiger charge is -2.20. The predicted octanol–water partition coefficient (Wildman–Crippen LogP) is 2.46. The Hall–Kier alpha value is -4.10. The minimum absolute atomic E-state index is 0.122. The Morgan fingerprint density at radius 3 is 2.18 bits per heavy atom. The van der Waals surface area contributed by atoms with Crippen molar-refractivity contribution in [2.75, 3.05) is 21.3 Å². The number of nitrogens with zero attached hydrogens (tertiary/aromatic N) is 6. The zero-order valence-corrected chi connectivity index (χ0v) is 22.5.